The van der Waals surface area contributed by atoms with E-state index >= 15 is 0 Å². The zero-order valence-electron chi connectivity index (χ0n) is 14.7. The van der Waals surface area contributed by atoms with Gasteiger partial charge in [-0.3, -0.25) is 14.4 Å². The van der Waals surface area contributed by atoms with Gasteiger partial charge in [0.1, 0.15) is 0 Å². The van der Waals surface area contributed by atoms with Crippen LogP contribution < -0.4 is 16.0 Å². The zero-order valence-corrected chi connectivity index (χ0v) is 16.3. The van der Waals surface area contributed by atoms with Crippen LogP contribution in [-0.4, -0.2) is 29.8 Å². The molecule has 1 aromatic carbocycles. The average molecular weight is 394 g/mol. The Labute approximate surface area is 160 Å². The molecule has 26 heavy (non-hydrogen) atoms. The van der Waals surface area contributed by atoms with Crippen LogP contribution >= 0.6 is 22.9 Å². The third-order valence-electron chi connectivity index (χ3n) is 3.14. The van der Waals surface area contributed by atoms with Crippen LogP contribution in [0.15, 0.2) is 35.7 Å². The maximum Gasteiger partial charge on any atom is 0.265 e. The summed E-state index contributed by atoms with van der Waals surface area (Å²) >= 11 is 7.28. The first-order chi connectivity index (χ1) is 12.2. The first-order valence-electron chi connectivity index (χ1n) is 7.89. The molecule has 0 saturated carbocycles. The van der Waals surface area contributed by atoms with Gasteiger partial charge in [0.15, 0.2) is 0 Å². The molecule has 0 spiro atoms. The summed E-state index contributed by atoms with van der Waals surface area (Å²) in [4.78, 5) is 37.0. The minimum atomic E-state index is -0.479. The maximum absolute atomic E-state index is 12.4. The number of hydrogen-bond acceptors (Lipinski definition) is 4. The van der Waals surface area contributed by atoms with Gasteiger partial charge < -0.3 is 16.0 Å². The minimum Gasteiger partial charge on any atom is -0.350 e. The Morgan fingerprint density at radius 3 is 2.46 bits per heavy atom. The standard InChI is InChI=1S/C18H20ClN3O3S/c1-18(2,3)22-15(23)10-20-16(24)12-7-6-11(19)9-13(12)21-17(25)14-5-4-8-26-14/h4-9H,10H2,1-3H3,(H,20,24)(H,21,25)(H,22,23). The minimum absolute atomic E-state index is 0.170. The average Bonchev–Trinajstić information content (AvgIpc) is 3.05. The molecule has 0 fully saturated rings. The van der Waals surface area contributed by atoms with Crippen molar-refractivity contribution in [2.75, 3.05) is 11.9 Å². The Kier molecular flexibility index (Phi) is 6.39. The van der Waals surface area contributed by atoms with Gasteiger partial charge in [0, 0.05) is 10.6 Å². The van der Waals surface area contributed by atoms with Crippen molar-refractivity contribution in [1.29, 1.82) is 0 Å². The highest BCUT2D eigenvalue weighted by Gasteiger charge is 2.18. The number of carbonyl (C=O) groups is 3. The Balaban J connectivity index is 2.09. The van der Waals surface area contributed by atoms with Crippen molar-refractivity contribution < 1.29 is 14.4 Å². The van der Waals surface area contributed by atoms with Crippen molar-refractivity contribution in [3.05, 3.63) is 51.2 Å². The number of thiophene rings is 1. The number of halogens is 1. The van der Waals surface area contributed by atoms with Crippen LogP contribution in [0.3, 0.4) is 0 Å². The molecule has 0 radical (unpaired) electrons. The van der Waals surface area contributed by atoms with Crippen molar-refractivity contribution in [1.82, 2.24) is 10.6 Å². The molecule has 1 aromatic heterocycles. The fourth-order valence-electron chi connectivity index (χ4n) is 2.13. The number of amides is 3. The van der Waals surface area contributed by atoms with E-state index in [1.807, 2.05) is 20.8 Å². The summed E-state index contributed by atoms with van der Waals surface area (Å²) in [7, 11) is 0. The molecule has 3 N–H and O–H groups in total. The number of hydrogen-bond donors (Lipinski definition) is 3. The van der Waals surface area contributed by atoms with Gasteiger partial charge in [0.05, 0.1) is 22.7 Å². The molecule has 2 aromatic rings. The highest BCUT2D eigenvalue weighted by molar-refractivity contribution is 7.12. The smallest absolute Gasteiger partial charge is 0.265 e. The fourth-order valence-corrected chi connectivity index (χ4v) is 2.92. The summed E-state index contributed by atoms with van der Waals surface area (Å²) in [5, 5.41) is 10.2. The van der Waals surface area contributed by atoms with E-state index in [-0.39, 0.29) is 35.1 Å². The summed E-state index contributed by atoms with van der Waals surface area (Å²) in [5.74, 6) is -1.11. The predicted molar refractivity (Wildman–Crippen MR) is 104 cm³/mol. The maximum atomic E-state index is 12.4. The Hall–Kier alpha value is -2.38. The number of anilines is 1. The highest BCUT2D eigenvalue weighted by Crippen LogP contribution is 2.22. The summed E-state index contributed by atoms with van der Waals surface area (Å²) in [5.41, 5.74) is 0.120. The summed E-state index contributed by atoms with van der Waals surface area (Å²) in [6.45, 7) is 5.38. The molecule has 138 valence electrons. The molecule has 0 aliphatic rings. The second kappa shape index (κ2) is 8.33. The zero-order chi connectivity index (χ0) is 19.3. The second-order valence-corrected chi connectivity index (χ2v) is 7.99. The number of rotatable bonds is 5. The van der Waals surface area contributed by atoms with E-state index in [0.29, 0.717) is 9.90 Å². The Bertz CT molecular complexity index is 814. The van der Waals surface area contributed by atoms with Gasteiger partial charge in [-0.2, -0.15) is 0 Å². The summed E-state index contributed by atoms with van der Waals surface area (Å²) < 4.78 is 0. The molecule has 0 bridgehead atoms. The summed E-state index contributed by atoms with van der Waals surface area (Å²) in [6.07, 6.45) is 0. The summed E-state index contributed by atoms with van der Waals surface area (Å²) in [6, 6.07) is 7.99. The Morgan fingerprint density at radius 2 is 1.85 bits per heavy atom. The molecule has 0 saturated heterocycles. The lowest BCUT2D eigenvalue weighted by atomic mass is 10.1. The van der Waals surface area contributed by atoms with Crippen LogP contribution in [0, 0.1) is 0 Å². The van der Waals surface area contributed by atoms with Crippen molar-refractivity contribution in [2.45, 2.75) is 26.3 Å². The van der Waals surface area contributed by atoms with Gasteiger partial charge >= 0.3 is 0 Å². The van der Waals surface area contributed by atoms with Crippen LogP contribution in [0.2, 0.25) is 5.02 Å². The Morgan fingerprint density at radius 1 is 1.12 bits per heavy atom. The highest BCUT2D eigenvalue weighted by atomic mass is 35.5. The molecule has 2 rings (SSSR count). The number of nitrogens with one attached hydrogen (secondary N) is 3. The van der Waals surface area contributed by atoms with Gasteiger partial charge in [-0.25, -0.2) is 0 Å². The van der Waals surface area contributed by atoms with Crippen LogP contribution in [0.25, 0.3) is 0 Å². The van der Waals surface area contributed by atoms with Gasteiger partial charge in [0.25, 0.3) is 11.8 Å². The van der Waals surface area contributed by atoms with E-state index in [1.165, 1.54) is 23.5 Å². The van der Waals surface area contributed by atoms with Crippen LogP contribution in [0.1, 0.15) is 40.8 Å². The SMILES string of the molecule is CC(C)(C)NC(=O)CNC(=O)c1ccc(Cl)cc1NC(=O)c1cccs1. The quantitative estimate of drug-likeness (QED) is 0.728. The molecular formula is C18H20ClN3O3S. The molecular weight excluding hydrogens is 374 g/mol. The van der Waals surface area contributed by atoms with Crippen molar-refractivity contribution in [3.8, 4) is 0 Å². The van der Waals surface area contributed by atoms with E-state index in [9.17, 15) is 14.4 Å². The van der Waals surface area contributed by atoms with E-state index in [0.717, 1.165) is 0 Å². The lowest BCUT2D eigenvalue weighted by Gasteiger charge is -2.20. The molecule has 3 amide bonds. The lowest BCUT2D eigenvalue weighted by Crippen LogP contribution is -2.45. The predicted octanol–water partition coefficient (Wildman–Crippen LogP) is 3.30. The molecule has 6 nitrogen and oxygen atoms in total. The van der Waals surface area contributed by atoms with Crippen LogP contribution in [0.5, 0.6) is 0 Å². The molecule has 0 aliphatic carbocycles. The first-order valence-corrected chi connectivity index (χ1v) is 9.15. The van der Waals surface area contributed by atoms with Crippen molar-refractivity contribution >= 4 is 46.3 Å². The lowest BCUT2D eigenvalue weighted by molar-refractivity contribution is -0.121. The normalized spacial score (nSPS) is 10.9. The topological polar surface area (TPSA) is 87.3 Å². The molecule has 0 unspecified atom stereocenters. The fraction of sp³-hybridized carbons (Fsp3) is 0.278. The molecule has 0 atom stereocenters. The van der Waals surface area contributed by atoms with E-state index in [4.69, 9.17) is 11.6 Å². The molecule has 1 heterocycles. The van der Waals surface area contributed by atoms with Crippen molar-refractivity contribution in [3.63, 3.8) is 0 Å². The van der Waals surface area contributed by atoms with Gasteiger partial charge in [-0.1, -0.05) is 17.7 Å². The molecule has 0 aliphatic heterocycles. The van der Waals surface area contributed by atoms with Crippen LogP contribution in [-0.2, 0) is 4.79 Å². The largest absolute Gasteiger partial charge is 0.350 e. The third-order valence-corrected chi connectivity index (χ3v) is 4.25. The third kappa shape index (κ3) is 5.86. The van der Waals surface area contributed by atoms with Crippen LogP contribution in [0.4, 0.5) is 5.69 Å². The first kappa shape index (κ1) is 19.9. The van der Waals surface area contributed by atoms with Gasteiger partial charge in [0.2, 0.25) is 5.91 Å². The van der Waals surface area contributed by atoms with Gasteiger partial charge in [-0.05, 0) is 50.4 Å². The monoisotopic (exact) mass is 393 g/mol. The second-order valence-electron chi connectivity index (χ2n) is 6.60. The van der Waals surface area contributed by atoms with E-state index < -0.39 is 5.91 Å². The number of carbonyl (C=O) groups excluding carboxylic acids is 3. The van der Waals surface area contributed by atoms with Gasteiger partial charge in [-0.15, -0.1) is 11.3 Å². The molecule has 8 heteroatoms. The van der Waals surface area contributed by atoms with E-state index in [1.54, 1.807) is 23.6 Å². The van der Waals surface area contributed by atoms with Crippen molar-refractivity contribution in [2.24, 2.45) is 0 Å². The number of benzene rings is 1. The van der Waals surface area contributed by atoms with E-state index in [2.05, 4.69) is 16.0 Å².